The minimum absolute atomic E-state index is 0.116. The Hall–Kier alpha value is -2.70. The Morgan fingerprint density at radius 3 is 2.90 bits per heavy atom. The van der Waals surface area contributed by atoms with E-state index in [4.69, 9.17) is 0 Å². The topological polar surface area (TPSA) is 80.9 Å². The number of hydrogen-bond donors (Lipinski definition) is 1. The lowest BCUT2D eigenvalue weighted by molar-refractivity contribution is 0.742. The van der Waals surface area contributed by atoms with Gasteiger partial charge in [-0.3, -0.25) is 14.6 Å². The molecule has 0 saturated heterocycles. The molecule has 0 aromatic carbocycles. The van der Waals surface area contributed by atoms with E-state index in [-0.39, 0.29) is 5.56 Å². The molecule has 4 aromatic rings. The van der Waals surface area contributed by atoms with Crippen molar-refractivity contribution in [2.24, 2.45) is 7.05 Å². The van der Waals surface area contributed by atoms with Crippen LogP contribution in [0, 0.1) is 13.8 Å². The summed E-state index contributed by atoms with van der Waals surface area (Å²) in [4.78, 5) is 20.8. The van der Waals surface area contributed by atoms with Gasteiger partial charge in [0.15, 0.2) is 16.9 Å². The molecule has 0 aliphatic rings. The first-order valence-electron chi connectivity index (χ1n) is 6.26. The van der Waals surface area contributed by atoms with Gasteiger partial charge in [-0.1, -0.05) is 0 Å². The largest absolute Gasteiger partial charge is 0.278 e. The van der Waals surface area contributed by atoms with E-state index in [1.165, 1.54) is 4.68 Å². The zero-order chi connectivity index (χ0) is 14.0. The maximum absolute atomic E-state index is 11.9. The van der Waals surface area contributed by atoms with Crippen molar-refractivity contribution in [1.29, 1.82) is 0 Å². The molecular formula is C13H12N6O. The Kier molecular flexibility index (Phi) is 1.92. The number of pyridine rings is 1. The fourth-order valence-corrected chi connectivity index (χ4v) is 2.64. The van der Waals surface area contributed by atoms with Gasteiger partial charge in [-0.15, -0.1) is 5.10 Å². The molecule has 20 heavy (non-hydrogen) atoms. The minimum Gasteiger partial charge on any atom is -0.278 e. The van der Waals surface area contributed by atoms with Gasteiger partial charge in [0.1, 0.15) is 5.39 Å². The van der Waals surface area contributed by atoms with Crippen molar-refractivity contribution in [2.75, 3.05) is 0 Å². The third-order valence-electron chi connectivity index (χ3n) is 3.54. The second-order valence-electron chi connectivity index (χ2n) is 5.01. The van der Waals surface area contributed by atoms with Gasteiger partial charge in [-0.2, -0.15) is 4.52 Å². The van der Waals surface area contributed by atoms with Crippen LogP contribution in [0.25, 0.3) is 27.7 Å². The molecule has 4 aromatic heterocycles. The van der Waals surface area contributed by atoms with Gasteiger partial charge >= 0.3 is 0 Å². The third-order valence-corrected chi connectivity index (χ3v) is 3.54. The van der Waals surface area contributed by atoms with Gasteiger partial charge in [0.05, 0.1) is 5.39 Å². The molecule has 0 radical (unpaired) electrons. The summed E-state index contributed by atoms with van der Waals surface area (Å²) in [6.45, 7) is 3.95. The standard InChI is InChI=1S/C13H12N6O/c1-6-4-7(2)15-10-9(6)12-14-5-8-11(19(12)16-10)17-18(3)13(8)20/h4-5,17H,1-3H3. The predicted octanol–water partition coefficient (Wildman–Crippen LogP) is 1.07. The fraction of sp³-hybridized carbons (Fsp3) is 0.231. The predicted molar refractivity (Wildman–Crippen MR) is 74.9 cm³/mol. The zero-order valence-corrected chi connectivity index (χ0v) is 11.3. The zero-order valence-electron chi connectivity index (χ0n) is 11.3. The highest BCUT2D eigenvalue weighted by Crippen LogP contribution is 2.22. The quantitative estimate of drug-likeness (QED) is 0.517. The van der Waals surface area contributed by atoms with Gasteiger partial charge in [-0.25, -0.2) is 9.97 Å². The van der Waals surface area contributed by atoms with Crippen LogP contribution in [0.3, 0.4) is 0 Å². The summed E-state index contributed by atoms with van der Waals surface area (Å²) in [6, 6.07) is 2.00. The highest BCUT2D eigenvalue weighted by Gasteiger charge is 2.15. The van der Waals surface area contributed by atoms with Crippen molar-refractivity contribution < 1.29 is 0 Å². The molecule has 4 rings (SSSR count). The van der Waals surface area contributed by atoms with Crippen LogP contribution in [-0.2, 0) is 7.05 Å². The van der Waals surface area contributed by atoms with Crippen LogP contribution in [0.15, 0.2) is 17.1 Å². The van der Waals surface area contributed by atoms with Crippen LogP contribution in [-0.4, -0.2) is 29.4 Å². The highest BCUT2D eigenvalue weighted by molar-refractivity contribution is 5.95. The van der Waals surface area contributed by atoms with E-state index in [0.29, 0.717) is 22.3 Å². The molecule has 0 atom stereocenters. The second-order valence-corrected chi connectivity index (χ2v) is 5.01. The Balaban J connectivity index is 2.32. The van der Waals surface area contributed by atoms with Crippen molar-refractivity contribution in [3.8, 4) is 0 Å². The summed E-state index contributed by atoms with van der Waals surface area (Å²) >= 11 is 0. The summed E-state index contributed by atoms with van der Waals surface area (Å²) in [6.07, 6.45) is 1.59. The van der Waals surface area contributed by atoms with E-state index in [2.05, 4.69) is 20.2 Å². The number of hydrogen-bond acceptors (Lipinski definition) is 4. The maximum atomic E-state index is 11.9. The number of nitrogens with zero attached hydrogens (tertiary/aromatic N) is 5. The average molecular weight is 268 g/mol. The summed E-state index contributed by atoms with van der Waals surface area (Å²) in [7, 11) is 1.67. The van der Waals surface area contributed by atoms with E-state index >= 15 is 0 Å². The van der Waals surface area contributed by atoms with Crippen LogP contribution in [0.4, 0.5) is 0 Å². The maximum Gasteiger partial charge on any atom is 0.277 e. The number of nitrogens with one attached hydrogen (secondary N) is 1. The molecule has 0 unspecified atom stereocenters. The minimum atomic E-state index is -0.116. The highest BCUT2D eigenvalue weighted by atomic mass is 16.1. The molecule has 0 spiro atoms. The number of aromatic nitrogens is 6. The van der Waals surface area contributed by atoms with Gasteiger partial charge in [0.25, 0.3) is 5.56 Å². The molecule has 0 saturated carbocycles. The molecule has 100 valence electrons. The van der Waals surface area contributed by atoms with E-state index < -0.39 is 0 Å². The number of fused-ring (bicyclic) bond motifs is 5. The Labute approximate surface area is 112 Å². The van der Waals surface area contributed by atoms with Gasteiger partial charge in [-0.05, 0) is 25.5 Å². The van der Waals surface area contributed by atoms with Crippen LogP contribution in [0.2, 0.25) is 0 Å². The molecule has 0 amide bonds. The normalized spacial score (nSPS) is 11.9. The lowest BCUT2D eigenvalue weighted by Gasteiger charge is -1.97. The molecule has 7 heteroatoms. The first-order chi connectivity index (χ1) is 9.56. The van der Waals surface area contributed by atoms with Gasteiger partial charge in [0, 0.05) is 18.9 Å². The van der Waals surface area contributed by atoms with Crippen molar-refractivity contribution >= 4 is 27.7 Å². The monoisotopic (exact) mass is 268 g/mol. The molecule has 0 aliphatic carbocycles. The molecule has 0 aliphatic heterocycles. The molecular weight excluding hydrogens is 256 g/mol. The molecule has 4 heterocycles. The number of H-pyrrole nitrogens is 1. The summed E-state index contributed by atoms with van der Waals surface area (Å²) in [5.41, 5.74) is 3.86. The van der Waals surface area contributed by atoms with E-state index in [1.807, 2.05) is 19.9 Å². The lowest BCUT2D eigenvalue weighted by atomic mass is 10.2. The third kappa shape index (κ3) is 1.24. The van der Waals surface area contributed by atoms with Crippen molar-refractivity contribution in [3.05, 3.63) is 33.9 Å². The molecule has 1 N–H and O–H groups in total. The first kappa shape index (κ1) is 11.2. The van der Waals surface area contributed by atoms with E-state index in [0.717, 1.165) is 16.6 Å². The fourth-order valence-electron chi connectivity index (χ4n) is 2.64. The Morgan fingerprint density at radius 2 is 2.10 bits per heavy atom. The number of aromatic amines is 1. The Morgan fingerprint density at radius 1 is 1.30 bits per heavy atom. The van der Waals surface area contributed by atoms with Crippen LogP contribution in [0.1, 0.15) is 11.3 Å². The Bertz CT molecular complexity index is 1050. The average Bonchev–Trinajstić information content (AvgIpc) is 2.88. The van der Waals surface area contributed by atoms with Crippen LogP contribution < -0.4 is 5.56 Å². The van der Waals surface area contributed by atoms with E-state index in [9.17, 15) is 4.79 Å². The lowest BCUT2D eigenvalue weighted by Crippen LogP contribution is -2.11. The van der Waals surface area contributed by atoms with E-state index in [1.54, 1.807) is 17.8 Å². The molecule has 7 nitrogen and oxygen atoms in total. The summed E-state index contributed by atoms with van der Waals surface area (Å²) in [5, 5.41) is 8.92. The van der Waals surface area contributed by atoms with Crippen molar-refractivity contribution in [3.63, 3.8) is 0 Å². The van der Waals surface area contributed by atoms with Crippen LogP contribution >= 0.6 is 0 Å². The van der Waals surface area contributed by atoms with Crippen molar-refractivity contribution in [1.82, 2.24) is 29.4 Å². The summed E-state index contributed by atoms with van der Waals surface area (Å²) in [5.74, 6) is 0. The van der Waals surface area contributed by atoms with Gasteiger partial charge in [0.2, 0.25) is 0 Å². The van der Waals surface area contributed by atoms with Crippen molar-refractivity contribution in [2.45, 2.75) is 13.8 Å². The van der Waals surface area contributed by atoms with Crippen LogP contribution in [0.5, 0.6) is 0 Å². The SMILES string of the molecule is Cc1cc(C)c2c(n1)nn1c2ncc2c(=O)n(C)[nH]c21. The van der Waals surface area contributed by atoms with Gasteiger partial charge < -0.3 is 0 Å². The molecule has 0 bridgehead atoms. The number of rotatable bonds is 0. The summed E-state index contributed by atoms with van der Waals surface area (Å²) < 4.78 is 3.07. The smallest absolute Gasteiger partial charge is 0.277 e. The number of aryl methyl sites for hydroxylation is 3. The molecule has 0 fully saturated rings. The second kappa shape index (κ2) is 3.44. The first-order valence-corrected chi connectivity index (χ1v) is 6.26.